The van der Waals surface area contributed by atoms with E-state index in [0.717, 1.165) is 17.7 Å². The number of halogens is 3. The highest BCUT2D eigenvalue weighted by atomic mass is 32.2. The van der Waals surface area contributed by atoms with E-state index in [1.165, 1.54) is 47.7 Å². The second-order valence-corrected chi connectivity index (χ2v) is 10.4. The molecule has 37 heavy (non-hydrogen) atoms. The van der Waals surface area contributed by atoms with Gasteiger partial charge in [0.25, 0.3) is 5.69 Å². The van der Waals surface area contributed by atoms with Gasteiger partial charge >= 0.3 is 6.18 Å². The van der Waals surface area contributed by atoms with Crippen molar-refractivity contribution in [2.24, 2.45) is 10.1 Å². The minimum Gasteiger partial charge on any atom is -0.316 e. The van der Waals surface area contributed by atoms with Crippen molar-refractivity contribution in [1.29, 1.82) is 0 Å². The van der Waals surface area contributed by atoms with Gasteiger partial charge in [-0.15, -0.1) is 11.3 Å². The van der Waals surface area contributed by atoms with E-state index >= 15 is 0 Å². The highest BCUT2D eigenvalue weighted by Crippen LogP contribution is 2.31. The van der Waals surface area contributed by atoms with E-state index in [4.69, 9.17) is 5.14 Å². The molecule has 0 fully saturated rings. The normalized spacial score (nSPS) is 12.6. The zero-order valence-corrected chi connectivity index (χ0v) is 20.6. The molecule has 192 valence electrons. The molecule has 0 saturated carbocycles. The third kappa shape index (κ3) is 6.31. The number of primary sulfonamides is 1. The van der Waals surface area contributed by atoms with Crippen LogP contribution in [0, 0.1) is 10.1 Å². The summed E-state index contributed by atoms with van der Waals surface area (Å²) in [6, 6.07) is 16.7. The molecule has 1 heterocycles. The van der Waals surface area contributed by atoms with Gasteiger partial charge in [-0.1, -0.05) is 30.3 Å². The Balaban J connectivity index is 1.76. The summed E-state index contributed by atoms with van der Waals surface area (Å²) in [5, 5.41) is 18.2. The highest BCUT2D eigenvalue weighted by molar-refractivity contribution is 7.89. The highest BCUT2D eigenvalue weighted by Gasteiger charge is 2.30. The molecule has 0 aliphatic heterocycles. The first-order valence-corrected chi connectivity index (χ1v) is 13.1. The summed E-state index contributed by atoms with van der Waals surface area (Å²) in [6.07, 6.45) is -4.10. The number of rotatable bonds is 7. The molecular formula is C24H19F3N4O4S2. The second kappa shape index (κ2) is 10.3. The van der Waals surface area contributed by atoms with Gasteiger partial charge in [0.2, 0.25) is 10.0 Å². The van der Waals surface area contributed by atoms with Crippen molar-refractivity contribution in [2.45, 2.75) is 24.0 Å². The number of non-ortho nitro benzene ring substituents is 1. The van der Waals surface area contributed by atoms with Crippen LogP contribution in [0.4, 0.5) is 24.5 Å². The van der Waals surface area contributed by atoms with Crippen LogP contribution in [0.15, 0.2) is 88.1 Å². The van der Waals surface area contributed by atoms with E-state index in [-0.39, 0.29) is 16.3 Å². The van der Waals surface area contributed by atoms with Gasteiger partial charge in [0.1, 0.15) is 0 Å². The van der Waals surface area contributed by atoms with E-state index in [1.54, 1.807) is 34.2 Å². The van der Waals surface area contributed by atoms with Crippen LogP contribution in [-0.4, -0.2) is 17.9 Å². The van der Waals surface area contributed by atoms with E-state index in [1.807, 2.05) is 0 Å². The molecule has 0 bridgehead atoms. The van der Waals surface area contributed by atoms with Gasteiger partial charge < -0.3 is 4.57 Å². The number of aryl methyl sites for hydroxylation is 1. The summed E-state index contributed by atoms with van der Waals surface area (Å²) in [6.45, 7) is 0.314. The van der Waals surface area contributed by atoms with Crippen LogP contribution in [0.5, 0.6) is 0 Å². The average Bonchev–Trinajstić information content (AvgIpc) is 3.24. The van der Waals surface area contributed by atoms with E-state index in [0.29, 0.717) is 29.0 Å². The predicted octanol–water partition coefficient (Wildman–Crippen LogP) is 5.27. The summed E-state index contributed by atoms with van der Waals surface area (Å²) in [7, 11) is -3.84. The Morgan fingerprint density at radius 3 is 2.38 bits per heavy atom. The Kier molecular flexibility index (Phi) is 7.30. The van der Waals surface area contributed by atoms with Crippen molar-refractivity contribution in [3.8, 4) is 11.3 Å². The van der Waals surface area contributed by atoms with Crippen molar-refractivity contribution in [2.75, 3.05) is 0 Å². The zero-order valence-electron chi connectivity index (χ0n) is 18.9. The molecule has 0 aliphatic rings. The number of alkyl halides is 3. The molecule has 0 atom stereocenters. The first kappa shape index (κ1) is 26.3. The molecule has 0 saturated heterocycles. The molecule has 13 heteroatoms. The third-order valence-corrected chi connectivity index (χ3v) is 7.22. The lowest BCUT2D eigenvalue weighted by molar-refractivity contribution is -0.384. The van der Waals surface area contributed by atoms with Crippen LogP contribution in [0.2, 0.25) is 0 Å². The fraction of sp³-hybridized carbons (Fsp3) is 0.125. The van der Waals surface area contributed by atoms with Crippen LogP contribution in [0.3, 0.4) is 0 Å². The number of hydrogen-bond acceptors (Lipinski definition) is 6. The summed E-state index contributed by atoms with van der Waals surface area (Å²) >= 11 is 1.18. The topological polar surface area (TPSA) is 121 Å². The monoisotopic (exact) mass is 548 g/mol. The molecular weight excluding hydrogens is 529 g/mol. The lowest BCUT2D eigenvalue weighted by atomic mass is 10.1. The number of nitrogens with zero attached hydrogens (tertiary/aromatic N) is 3. The molecule has 1 aromatic heterocycles. The zero-order chi connectivity index (χ0) is 26.8. The van der Waals surface area contributed by atoms with E-state index in [9.17, 15) is 31.7 Å². The van der Waals surface area contributed by atoms with Crippen molar-refractivity contribution in [3.63, 3.8) is 0 Å². The third-order valence-electron chi connectivity index (χ3n) is 5.42. The fourth-order valence-electron chi connectivity index (χ4n) is 3.59. The number of benzene rings is 3. The van der Waals surface area contributed by atoms with Crippen molar-refractivity contribution in [1.82, 2.24) is 4.57 Å². The minimum absolute atomic E-state index is 0.0306. The summed E-state index contributed by atoms with van der Waals surface area (Å²) in [4.78, 5) is 15.6. The maximum absolute atomic E-state index is 13.2. The number of hydrogen-bond donors (Lipinski definition) is 1. The first-order valence-electron chi connectivity index (χ1n) is 10.7. The number of aromatic nitrogens is 1. The SMILES string of the molecule is NS(=O)(=O)c1ccc(CCn2c(-c3cccc([N+](=O)[O-])c3)csc2=Nc2cccc(C(F)(F)F)c2)cc1. The van der Waals surface area contributed by atoms with Crippen molar-refractivity contribution >= 4 is 32.7 Å². The Labute approximate surface area is 213 Å². The predicted molar refractivity (Wildman–Crippen MR) is 133 cm³/mol. The minimum atomic E-state index is -4.52. The summed E-state index contributed by atoms with van der Waals surface area (Å²) in [5.74, 6) is 0. The molecule has 0 unspecified atom stereocenters. The number of nitro benzene ring substituents is 1. The quantitative estimate of drug-likeness (QED) is 0.250. The van der Waals surface area contributed by atoms with Gasteiger partial charge in [-0.2, -0.15) is 13.2 Å². The lowest BCUT2D eigenvalue weighted by Gasteiger charge is -2.10. The Hall–Kier alpha value is -3.81. The van der Waals surface area contributed by atoms with Crippen molar-refractivity contribution < 1.29 is 26.5 Å². The molecule has 3 aromatic carbocycles. The number of nitro groups is 1. The Morgan fingerprint density at radius 2 is 1.73 bits per heavy atom. The smallest absolute Gasteiger partial charge is 0.316 e. The van der Waals surface area contributed by atoms with Crippen LogP contribution in [0.25, 0.3) is 11.3 Å². The Bertz CT molecular complexity index is 1630. The van der Waals surface area contributed by atoms with E-state index in [2.05, 4.69) is 4.99 Å². The molecule has 4 rings (SSSR count). The number of sulfonamides is 1. The van der Waals surface area contributed by atoms with E-state index < -0.39 is 26.7 Å². The largest absolute Gasteiger partial charge is 0.416 e. The van der Waals surface area contributed by atoms with Gasteiger partial charge in [-0.25, -0.2) is 18.5 Å². The van der Waals surface area contributed by atoms with Crippen LogP contribution >= 0.6 is 11.3 Å². The maximum Gasteiger partial charge on any atom is 0.416 e. The molecule has 8 nitrogen and oxygen atoms in total. The Morgan fingerprint density at radius 1 is 1.03 bits per heavy atom. The average molecular weight is 549 g/mol. The van der Waals surface area contributed by atoms with Gasteiger partial charge in [-0.3, -0.25) is 10.1 Å². The van der Waals surface area contributed by atoms with Gasteiger partial charge in [-0.05, 0) is 42.3 Å². The molecule has 0 spiro atoms. The fourth-order valence-corrected chi connectivity index (χ4v) is 5.06. The molecule has 4 aromatic rings. The second-order valence-electron chi connectivity index (χ2n) is 7.96. The van der Waals surface area contributed by atoms with Gasteiger partial charge in [0.05, 0.1) is 26.8 Å². The number of thiazole rings is 1. The van der Waals surface area contributed by atoms with Crippen LogP contribution in [0.1, 0.15) is 11.1 Å². The van der Waals surface area contributed by atoms with Gasteiger partial charge in [0, 0.05) is 29.6 Å². The molecule has 2 N–H and O–H groups in total. The molecule has 0 radical (unpaired) electrons. The lowest BCUT2D eigenvalue weighted by Crippen LogP contribution is -2.17. The standard InChI is InChI=1S/C24H19F3N4O4S2/c25-24(26,27)18-4-2-5-19(14-18)29-23-30(12-11-16-7-9-21(10-8-16)37(28,34)35)22(15-36-23)17-3-1-6-20(13-17)31(32)33/h1-10,13-15H,11-12H2,(H2,28,34,35). The molecule has 0 aliphatic carbocycles. The first-order chi connectivity index (χ1) is 17.4. The number of nitrogens with two attached hydrogens (primary N) is 1. The summed E-state index contributed by atoms with van der Waals surface area (Å²) in [5.41, 5.74) is 1.09. The maximum atomic E-state index is 13.2. The van der Waals surface area contributed by atoms with Crippen molar-refractivity contribution in [3.05, 3.63) is 104 Å². The molecule has 0 amide bonds. The summed E-state index contributed by atoms with van der Waals surface area (Å²) < 4.78 is 64.3. The van der Waals surface area contributed by atoms with Gasteiger partial charge in [0.15, 0.2) is 4.80 Å². The van der Waals surface area contributed by atoms with Crippen LogP contribution in [-0.2, 0) is 29.2 Å². The van der Waals surface area contributed by atoms with Crippen LogP contribution < -0.4 is 9.94 Å².